The van der Waals surface area contributed by atoms with Crippen molar-refractivity contribution in [3.05, 3.63) is 54.7 Å². The van der Waals surface area contributed by atoms with E-state index in [-0.39, 0.29) is 58.8 Å². The summed E-state index contributed by atoms with van der Waals surface area (Å²) in [4.78, 5) is 34.1. The number of nitrogens with zero attached hydrogens (tertiary/aromatic N) is 7. The first-order valence-corrected chi connectivity index (χ1v) is 15.6. The van der Waals surface area contributed by atoms with E-state index in [9.17, 15) is 9.59 Å². The molecule has 0 radical (unpaired) electrons. The van der Waals surface area contributed by atoms with E-state index in [1.54, 1.807) is 26.2 Å². The van der Waals surface area contributed by atoms with Crippen molar-refractivity contribution in [2.75, 3.05) is 13.1 Å². The number of ether oxygens (including phenoxy) is 4. The zero-order valence-corrected chi connectivity index (χ0v) is 26.4. The Labute approximate surface area is 256 Å². The van der Waals surface area contributed by atoms with Gasteiger partial charge in [-0.15, -0.1) is 0 Å². The number of rotatable bonds is 9. The van der Waals surface area contributed by atoms with Crippen LogP contribution in [0.5, 0.6) is 12.0 Å². The molecule has 2 aromatic heterocycles. The molecule has 0 aliphatic carbocycles. The van der Waals surface area contributed by atoms with E-state index in [4.69, 9.17) is 30.2 Å². The molecule has 240 valence electrons. The molecule has 44 heavy (non-hydrogen) atoms. The maximum Gasteiger partial charge on any atom is 0.302 e. The Morgan fingerprint density at radius 3 is 1.75 bits per heavy atom. The maximum atomic E-state index is 11.7. The van der Waals surface area contributed by atoms with Gasteiger partial charge in [-0.1, -0.05) is 32.8 Å². The average molecular weight is 613 g/mol. The Hall–Kier alpha value is -3.45. The Morgan fingerprint density at radius 2 is 1.34 bits per heavy atom. The first kappa shape index (κ1) is 32.0. The van der Waals surface area contributed by atoms with E-state index >= 15 is 0 Å². The minimum atomic E-state index is -0.310. The van der Waals surface area contributed by atoms with Crippen molar-refractivity contribution < 1.29 is 18.9 Å². The van der Waals surface area contributed by atoms with Crippen LogP contribution in [0.1, 0.15) is 89.8 Å². The molecule has 6 heterocycles. The number of fused-ring (bicyclic) bond motifs is 6. The van der Waals surface area contributed by atoms with Gasteiger partial charge in [0, 0.05) is 46.8 Å². The van der Waals surface area contributed by atoms with Crippen molar-refractivity contribution >= 4 is 0 Å². The third-order valence-corrected chi connectivity index (χ3v) is 10.0. The lowest BCUT2D eigenvalue weighted by Crippen LogP contribution is -2.38. The molecular formula is C30H44N8O6. The zero-order valence-electron chi connectivity index (χ0n) is 26.4. The monoisotopic (exact) mass is 612 g/mol. The molecular weight excluding hydrogens is 568 g/mol. The van der Waals surface area contributed by atoms with Crippen LogP contribution in [0.25, 0.3) is 10.4 Å². The summed E-state index contributed by atoms with van der Waals surface area (Å²) in [7, 11) is 0. The van der Waals surface area contributed by atoms with Crippen LogP contribution in [0, 0.1) is 25.7 Å². The van der Waals surface area contributed by atoms with Crippen molar-refractivity contribution in [2.45, 2.75) is 116 Å². The maximum absolute atomic E-state index is 11.7. The van der Waals surface area contributed by atoms with Gasteiger partial charge in [0.2, 0.25) is 0 Å². The molecule has 0 spiro atoms. The van der Waals surface area contributed by atoms with Gasteiger partial charge in [0.1, 0.15) is 0 Å². The van der Waals surface area contributed by atoms with Crippen molar-refractivity contribution in [2.24, 2.45) is 22.7 Å². The van der Waals surface area contributed by atoms with E-state index in [2.05, 4.69) is 47.7 Å². The lowest BCUT2D eigenvalue weighted by Gasteiger charge is -2.33. The quantitative estimate of drug-likeness (QED) is 0.189. The summed E-state index contributed by atoms with van der Waals surface area (Å²) >= 11 is 0. The molecule has 0 aromatic carbocycles. The highest BCUT2D eigenvalue weighted by molar-refractivity contribution is 5.18. The van der Waals surface area contributed by atoms with Crippen molar-refractivity contribution in [1.29, 1.82) is 0 Å². The van der Waals surface area contributed by atoms with Crippen LogP contribution in [0.15, 0.2) is 27.1 Å². The number of aromatic nitrogens is 4. The molecule has 2 aromatic rings. The largest absolute Gasteiger partial charge is 0.456 e. The molecule has 6 rings (SSSR count). The molecule has 8 atom stereocenters. The van der Waals surface area contributed by atoms with Gasteiger partial charge in [0.05, 0.1) is 11.2 Å². The first-order valence-electron chi connectivity index (χ1n) is 15.6. The van der Waals surface area contributed by atoms with Crippen LogP contribution in [-0.2, 0) is 9.47 Å². The van der Waals surface area contributed by atoms with Gasteiger partial charge in [-0.05, 0) is 64.4 Å². The highest BCUT2D eigenvalue weighted by Crippen LogP contribution is 2.52. The van der Waals surface area contributed by atoms with Gasteiger partial charge in [0.15, 0.2) is 24.7 Å². The van der Waals surface area contributed by atoms with Crippen LogP contribution in [0.3, 0.4) is 0 Å². The predicted octanol–water partition coefficient (Wildman–Crippen LogP) is 4.08. The number of hydrogen-bond donors (Lipinski definition) is 1. The van der Waals surface area contributed by atoms with E-state index < -0.39 is 0 Å². The molecule has 0 bridgehead atoms. The summed E-state index contributed by atoms with van der Waals surface area (Å²) < 4.78 is 28.3. The zero-order chi connectivity index (χ0) is 31.8. The number of nitrogens with two attached hydrogens (primary N) is 1. The third-order valence-electron chi connectivity index (χ3n) is 10.0. The molecule has 2 fully saturated rings. The molecule has 14 heteroatoms. The minimum Gasteiger partial charge on any atom is -0.456 e. The van der Waals surface area contributed by atoms with Gasteiger partial charge in [-0.3, -0.25) is 18.7 Å². The fraction of sp³-hybridized carbons (Fsp3) is 0.733. The highest BCUT2D eigenvalue weighted by Gasteiger charge is 2.57. The summed E-state index contributed by atoms with van der Waals surface area (Å²) in [6.07, 6.45) is 8.08. The normalized spacial score (nSPS) is 32.3. The summed E-state index contributed by atoms with van der Waals surface area (Å²) in [5.41, 5.74) is 14.2. The smallest absolute Gasteiger partial charge is 0.302 e. The van der Waals surface area contributed by atoms with Gasteiger partial charge < -0.3 is 24.7 Å². The van der Waals surface area contributed by atoms with Crippen LogP contribution >= 0.6 is 0 Å². The Balaban J connectivity index is 0.000000175. The summed E-state index contributed by atoms with van der Waals surface area (Å²) in [6, 6.07) is 0.706. The highest BCUT2D eigenvalue weighted by atomic mass is 16.6. The topological polar surface area (TPSA) is 181 Å². The minimum absolute atomic E-state index is 0.0866. The molecule has 4 aliphatic rings. The summed E-state index contributed by atoms with van der Waals surface area (Å²) in [5, 5.41) is 3.60. The van der Waals surface area contributed by atoms with Crippen molar-refractivity contribution in [3.8, 4) is 12.0 Å². The Bertz CT molecular complexity index is 1540. The molecule has 0 unspecified atom stereocenters. The second-order valence-corrected chi connectivity index (χ2v) is 12.4. The fourth-order valence-electron chi connectivity index (χ4n) is 7.19. The second kappa shape index (κ2) is 12.5. The Kier molecular flexibility index (Phi) is 9.08. The van der Waals surface area contributed by atoms with Gasteiger partial charge in [-0.25, -0.2) is 0 Å². The summed E-state index contributed by atoms with van der Waals surface area (Å²) in [5.74, 6) is 0.386. The second-order valence-electron chi connectivity index (χ2n) is 12.4. The molecule has 14 nitrogen and oxygen atoms in total. The number of hydrogen-bond acceptors (Lipinski definition) is 10. The van der Waals surface area contributed by atoms with Crippen molar-refractivity contribution in [1.82, 2.24) is 19.1 Å². The number of azide groups is 1. The van der Waals surface area contributed by atoms with E-state index in [1.807, 2.05) is 9.13 Å². The van der Waals surface area contributed by atoms with Crippen LogP contribution in [0.4, 0.5) is 0 Å². The van der Waals surface area contributed by atoms with Crippen molar-refractivity contribution in [3.63, 3.8) is 0 Å². The molecule has 4 aliphatic heterocycles. The third kappa shape index (κ3) is 5.38. The number of aryl methyl sites for hydroxylation is 2. The standard InChI is InChI=1S/C15H21N5O3.C15H23N3O3/c1-4-15(6-5-7-17-19-16)10(3)11-13(23-15)20-8-9(2)12(21)18-14(20)22-11;1-4-15(6-5-7-16)10(3)11-13(21-15)18-8-9(2)12(19)17-14(18)20-11/h8,10-11,13H,4-7H2,1-3H3;8,10-11,13H,4-7,16H2,1-3H3/t2*10-,11-,13+,15-/m00/s1. The Morgan fingerprint density at radius 1 is 0.886 bits per heavy atom. The fourth-order valence-corrected chi connectivity index (χ4v) is 7.19. The average Bonchev–Trinajstić information content (AvgIpc) is 3.69. The van der Waals surface area contributed by atoms with E-state index in [1.165, 1.54) is 0 Å². The first-order chi connectivity index (χ1) is 21.0. The molecule has 0 saturated carbocycles. The van der Waals surface area contributed by atoms with Gasteiger partial charge >= 0.3 is 12.0 Å². The lowest BCUT2D eigenvalue weighted by molar-refractivity contribution is -0.0899. The van der Waals surface area contributed by atoms with E-state index in [0.717, 1.165) is 38.5 Å². The molecule has 2 N–H and O–H groups in total. The van der Waals surface area contributed by atoms with Crippen LogP contribution in [-0.4, -0.2) is 55.6 Å². The predicted molar refractivity (Wildman–Crippen MR) is 161 cm³/mol. The molecule has 2 saturated heterocycles. The van der Waals surface area contributed by atoms with Crippen LogP contribution in [0.2, 0.25) is 0 Å². The van der Waals surface area contributed by atoms with Gasteiger partial charge in [-0.2, -0.15) is 9.97 Å². The van der Waals surface area contributed by atoms with E-state index in [0.29, 0.717) is 36.2 Å². The van der Waals surface area contributed by atoms with Gasteiger partial charge in [0.25, 0.3) is 11.1 Å². The lowest BCUT2D eigenvalue weighted by atomic mass is 9.81. The van der Waals surface area contributed by atoms with Crippen LogP contribution < -0.4 is 26.3 Å². The SMILES string of the molecule is CC[C@@]1(CCCN)O[C@@H]2[C@@H](Oc3nc(=O)c(C)cn32)[C@@H]1C.CC[C@@]1(CCCN=[N+]=[N-])O[C@@H]2[C@@H](Oc3nc(=O)c(C)cn32)[C@@H]1C. The summed E-state index contributed by atoms with van der Waals surface area (Å²) in [6.45, 7) is 13.1. The molecule has 0 amide bonds.